The van der Waals surface area contributed by atoms with Crippen molar-refractivity contribution < 1.29 is 14.3 Å². The largest absolute Gasteiger partial charge is 0.465 e. The van der Waals surface area contributed by atoms with E-state index in [1.54, 1.807) is 18.2 Å². The highest BCUT2D eigenvalue weighted by Crippen LogP contribution is 2.32. The monoisotopic (exact) mass is 305 g/mol. The van der Waals surface area contributed by atoms with Crippen molar-refractivity contribution >= 4 is 23.3 Å². The molecule has 0 aliphatic carbocycles. The Balaban J connectivity index is 2.39. The summed E-state index contributed by atoms with van der Waals surface area (Å²) < 4.78 is 10.6. The molecule has 2 rings (SSSR count). The maximum Gasteiger partial charge on any atom is 0.340 e. The van der Waals surface area contributed by atoms with Crippen LogP contribution >= 0.6 is 11.6 Å². The fourth-order valence-electron chi connectivity index (χ4n) is 2.06. The van der Waals surface area contributed by atoms with Crippen LogP contribution in [0.1, 0.15) is 21.5 Å². The zero-order valence-corrected chi connectivity index (χ0v) is 12.8. The highest BCUT2D eigenvalue weighted by atomic mass is 35.5. The van der Waals surface area contributed by atoms with Gasteiger partial charge in [-0.1, -0.05) is 11.6 Å². The van der Waals surface area contributed by atoms with Gasteiger partial charge in [-0.25, -0.2) is 4.79 Å². The molecule has 0 heterocycles. The first-order chi connectivity index (χ1) is 9.92. The maximum atomic E-state index is 11.6. The number of esters is 1. The molecule has 0 amide bonds. The molecule has 0 fully saturated rings. The van der Waals surface area contributed by atoms with E-state index in [9.17, 15) is 4.79 Å². The average Bonchev–Trinajstić information content (AvgIpc) is 2.43. The number of anilines is 1. The zero-order chi connectivity index (χ0) is 15.6. The predicted molar refractivity (Wildman–Crippen MR) is 83.2 cm³/mol. The van der Waals surface area contributed by atoms with Crippen molar-refractivity contribution in [1.82, 2.24) is 0 Å². The first-order valence-electron chi connectivity index (χ1n) is 6.35. The van der Waals surface area contributed by atoms with Gasteiger partial charge in [0.1, 0.15) is 11.5 Å². The normalized spacial score (nSPS) is 10.3. The lowest BCUT2D eigenvalue weighted by Gasteiger charge is -2.13. The number of carbonyl (C=O) groups excluding carboxylic acids is 1. The van der Waals surface area contributed by atoms with E-state index in [1.807, 2.05) is 26.0 Å². The van der Waals surface area contributed by atoms with Crippen LogP contribution in [0.25, 0.3) is 0 Å². The summed E-state index contributed by atoms with van der Waals surface area (Å²) in [6.45, 7) is 3.82. The van der Waals surface area contributed by atoms with Gasteiger partial charge in [-0.3, -0.25) is 0 Å². The molecule has 2 aromatic carbocycles. The molecular weight excluding hydrogens is 290 g/mol. The molecule has 0 unspecified atom stereocenters. The minimum atomic E-state index is -0.498. The topological polar surface area (TPSA) is 61.5 Å². The number of methoxy groups -OCH3 is 1. The van der Waals surface area contributed by atoms with Crippen molar-refractivity contribution in [1.29, 1.82) is 0 Å². The molecule has 2 aromatic rings. The van der Waals surface area contributed by atoms with Gasteiger partial charge in [0.2, 0.25) is 0 Å². The summed E-state index contributed by atoms with van der Waals surface area (Å²) in [6, 6.07) is 8.52. The molecule has 0 saturated carbocycles. The second-order valence-corrected chi connectivity index (χ2v) is 5.15. The molecule has 0 aromatic heterocycles. The third-order valence-electron chi connectivity index (χ3n) is 3.08. The van der Waals surface area contributed by atoms with Gasteiger partial charge in [-0.05, 0) is 55.3 Å². The smallest absolute Gasteiger partial charge is 0.340 e. The predicted octanol–water partition coefficient (Wildman–Crippen LogP) is 4.12. The van der Waals surface area contributed by atoms with E-state index in [0.29, 0.717) is 22.2 Å². The lowest BCUT2D eigenvalue weighted by Crippen LogP contribution is -2.05. The van der Waals surface area contributed by atoms with E-state index in [1.165, 1.54) is 7.11 Å². The SMILES string of the molecule is COC(=O)c1cc(Oc2c(C)cc(Cl)cc2C)ccc1N. The van der Waals surface area contributed by atoms with E-state index < -0.39 is 5.97 Å². The van der Waals surface area contributed by atoms with Gasteiger partial charge in [0.15, 0.2) is 0 Å². The average molecular weight is 306 g/mol. The Morgan fingerprint density at radius 2 is 1.76 bits per heavy atom. The molecule has 0 aliphatic rings. The van der Waals surface area contributed by atoms with Crippen LogP contribution in [0.5, 0.6) is 11.5 Å². The zero-order valence-electron chi connectivity index (χ0n) is 12.1. The number of benzene rings is 2. The van der Waals surface area contributed by atoms with Crippen molar-refractivity contribution in [2.45, 2.75) is 13.8 Å². The van der Waals surface area contributed by atoms with Gasteiger partial charge in [0.25, 0.3) is 0 Å². The van der Waals surface area contributed by atoms with Crippen molar-refractivity contribution in [3.05, 3.63) is 52.0 Å². The van der Waals surface area contributed by atoms with Gasteiger partial charge >= 0.3 is 5.97 Å². The van der Waals surface area contributed by atoms with Crippen molar-refractivity contribution in [2.75, 3.05) is 12.8 Å². The first kappa shape index (κ1) is 15.2. The van der Waals surface area contributed by atoms with Crippen LogP contribution in [0.2, 0.25) is 5.02 Å². The standard InChI is InChI=1S/C16H16ClNO3/c1-9-6-11(17)7-10(2)15(9)21-12-4-5-14(18)13(8-12)16(19)20-3/h4-8H,18H2,1-3H3. The van der Waals surface area contributed by atoms with E-state index in [-0.39, 0.29) is 5.56 Å². The summed E-state index contributed by atoms with van der Waals surface area (Å²) in [6.07, 6.45) is 0. The molecule has 21 heavy (non-hydrogen) atoms. The maximum absolute atomic E-state index is 11.6. The molecule has 5 heteroatoms. The Bertz CT molecular complexity index is 675. The molecule has 0 bridgehead atoms. The van der Waals surface area contributed by atoms with Crippen LogP contribution in [0.4, 0.5) is 5.69 Å². The number of rotatable bonds is 3. The lowest BCUT2D eigenvalue weighted by atomic mass is 10.1. The third kappa shape index (κ3) is 3.28. The van der Waals surface area contributed by atoms with Crippen LogP contribution in [-0.4, -0.2) is 13.1 Å². The van der Waals surface area contributed by atoms with Crippen molar-refractivity contribution in [2.24, 2.45) is 0 Å². The van der Waals surface area contributed by atoms with E-state index in [2.05, 4.69) is 0 Å². The second kappa shape index (κ2) is 6.06. The van der Waals surface area contributed by atoms with Crippen LogP contribution < -0.4 is 10.5 Å². The number of halogens is 1. The number of aryl methyl sites for hydroxylation is 2. The number of hydrogen-bond donors (Lipinski definition) is 1. The summed E-state index contributed by atoms with van der Waals surface area (Å²) in [5.74, 6) is 0.723. The summed E-state index contributed by atoms with van der Waals surface area (Å²) in [5, 5.41) is 0.657. The van der Waals surface area contributed by atoms with E-state index in [0.717, 1.165) is 11.1 Å². The fraction of sp³-hybridized carbons (Fsp3) is 0.188. The number of nitrogens with two attached hydrogens (primary N) is 1. The van der Waals surface area contributed by atoms with E-state index >= 15 is 0 Å². The van der Waals surface area contributed by atoms with Gasteiger partial charge in [0, 0.05) is 10.7 Å². The summed E-state index contributed by atoms with van der Waals surface area (Å²) in [5.41, 5.74) is 8.22. The van der Waals surface area contributed by atoms with Crippen LogP contribution in [0.3, 0.4) is 0 Å². The molecule has 0 atom stereocenters. The van der Waals surface area contributed by atoms with Crippen molar-refractivity contribution in [3.8, 4) is 11.5 Å². The molecule has 0 saturated heterocycles. The van der Waals surface area contributed by atoms with Gasteiger partial charge in [-0.2, -0.15) is 0 Å². The number of hydrogen-bond acceptors (Lipinski definition) is 4. The number of carbonyl (C=O) groups is 1. The highest BCUT2D eigenvalue weighted by Gasteiger charge is 2.13. The van der Waals surface area contributed by atoms with Gasteiger partial charge in [0.05, 0.1) is 12.7 Å². The molecule has 4 nitrogen and oxygen atoms in total. The molecule has 2 N–H and O–H groups in total. The Morgan fingerprint density at radius 1 is 1.14 bits per heavy atom. The van der Waals surface area contributed by atoms with E-state index in [4.69, 9.17) is 26.8 Å². The molecule has 110 valence electrons. The Hall–Kier alpha value is -2.20. The molecule has 0 radical (unpaired) electrons. The fourth-order valence-corrected chi connectivity index (χ4v) is 2.39. The first-order valence-corrected chi connectivity index (χ1v) is 6.72. The van der Waals surface area contributed by atoms with Crippen LogP contribution in [0, 0.1) is 13.8 Å². The summed E-state index contributed by atoms with van der Waals surface area (Å²) in [7, 11) is 1.31. The molecular formula is C16H16ClNO3. The van der Waals surface area contributed by atoms with Gasteiger partial charge in [-0.15, -0.1) is 0 Å². The number of nitrogen functional groups attached to an aromatic ring is 1. The highest BCUT2D eigenvalue weighted by molar-refractivity contribution is 6.30. The van der Waals surface area contributed by atoms with Crippen molar-refractivity contribution in [3.63, 3.8) is 0 Å². The Labute approximate surface area is 128 Å². The quantitative estimate of drug-likeness (QED) is 0.684. The summed E-state index contributed by atoms with van der Waals surface area (Å²) in [4.78, 5) is 11.6. The molecule has 0 spiro atoms. The van der Waals surface area contributed by atoms with Crippen LogP contribution in [-0.2, 0) is 4.74 Å². The second-order valence-electron chi connectivity index (χ2n) is 4.71. The van der Waals surface area contributed by atoms with Crippen LogP contribution in [0.15, 0.2) is 30.3 Å². The molecule has 0 aliphatic heterocycles. The summed E-state index contributed by atoms with van der Waals surface area (Å²) >= 11 is 6.00. The number of ether oxygens (including phenoxy) is 2. The lowest BCUT2D eigenvalue weighted by molar-refractivity contribution is 0.0601. The minimum absolute atomic E-state index is 0.277. The third-order valence-corrected chi connectivity index (χ3v) is 3.29. The Kier molecular flexibility index (Phi) is 4.38. The Morgan fingerprint density at radius 3 is 2.33 bits per heavy atom. The minimum Gasteiger partial charge on any atom is -0.465 e. The van der Waals surface area contributed by atoms with Gasteiger partial charge < -0.3 is 15.2 Å².